The maximum absolute atomic E-state index is 14.1. The van der Waals surface area contributed by atoms with Crippen molar-refractivity contribution in [1.82, 2.24) is 10.2 Å². The predicted octanol–water partition coefficient (Wildman–Crippen LogP) is 6.59. The number of halogens is 3. The summed E-state index contributed by atoms with van der Waals surface area (Å²) in [6, 6.07) is 14.6. The van der Waals surface area contributed by atoms with Crippen LogP contribution in [0.5, 0.6) is 5.75 Å². The van der Waals surface area contributed by atoms with Crippen LogP contribution in [0.15, 0.2) is 71.6 Å². The third-order valence-electron chi connectivity index (χ3n) is 7.57. The molecular weight excluding hydrogens is 628 g/mol. The zero-order valence-corrected chi connectivity index (χ0v) is 27.0. The SMILES string of the molecule is CCOc1ccc(S(=O)(=O)N(CC(=O)N(Cc2ccc(Cl)c(Cl)c2)[C@@H](C)C(=O)NC2CCCCC2)c2ccc(F)cc2)cc1. The number of sulfonamides is 1. The standard InChI is InChI=1S/C32H36Cl2FN3O5S/c1-3-43-27-14-16-28(17-15-27)44(41,42)38(26-12-10-24(35)11-13-26)21-31(39)37(20-23-9-18-29(33)30(34)19-23)22(2)32(40)36-25-7-5-4-6-8-25/h9-19,22,25H,3-8,20-21H2,1-2H3,(H,36,40)/t22-/m0/s1. The van der Waals surface area contributed by atoms with Crippen LogP contribution in [-0.4, -0.2) is 50.4 Å². The van der Waals surface area contributed by atoms with Crippen LogP contribution in [-0.2, 0) is 26.2 Å². The Kier molecular flexibility index (Phi) is 11.5. The molecule has 3 aromatic rings. The first kappa shape index (κ1) is 33.6. The lowest BCUT2D eigenvalue weighted by Gasteiger charge is -2.33. The molecule has 1 fully saturated rings. The van der Waals surface area contributed by atoms with Gasteiger partial charge >= 0.3 is 0 Å². The highest BCUT2D eigenvalue weighted by Crippen LogP contribution is 2.28. The highest BCUT2D eigenvalue weighted by molar-refractivity contribution is 7.92. The van der Waals surface area contributed by atoms with Gasteiger partial charge in [0.2, 0.25) is 11.8 Å². The molecule has 12 heteroatoms. The minimum atomic E-state index is -4.31. The van der Waals surface area contributed by atoms with Gasteiger partial charge in [-0.25, -0.2) is 12.8 Å². The van der Waals surface area contributed by atoms with E-state index in [0.29, 0.717) is 22.9 Å². The quantitative estimate of drug-likeness (QED) is 0.236. The maximum atomic E-state index is 14.1. The van der Waals surface area contributed by atoms with Crippen LogP contribution in [0.2, 0.25) is 10.0 Å². The van der Waals surface area contributed by atoms with Gasteiger partial charge in [-0.15, -0.1) is 0 Å². The molecule has 0 heterocycles. The number of benzene rings is 3. The Bertz CT molecular complexity index is 1550. The van der Waals surface area contributed by atoms with E-state index < -0.39 is 34.3 Å². The molecule has 1 N–H and O–H groups in total. The van der Waals surface area contributed by atoms with Gasteiger partial charge in [0.05, 0.1) is 27.2 Å². The van der Waals surface area contributed by atoms with Gasteiger partial charge in [-0.2, -0.15) is 0 Å². The molecule has 8 nitrogen and oxygen atoms in total. The second-order valence-electron chi connectivity index (χ2n) is 10.7. The summed E-state index contributed by atoms with van der Waals surface area (Å²) in [6.45, 7) is 3.14. The van der Waals surface area contributed by atoms with Gasteiger partial charge in [0.25, 0.3) is 10.0 Å². The number of rotatable bonds is 12. The van der Waals surface area contributed by atoms with E-state index in [1.807, 2.05) is 6.92 Å². The summed E-state index contributed by atoms with van der Waals surface area (Å²) in [5.74, 6) is -1.05. The van der Waals surface area contributed by atoms with Crippen LogP contribution >= 0.6 is 23.2 Å². The van der Waals surface area contributed by atoms with Gasteiger partial charge < -0.3 is 15.0 Å². The zero-order valence-electron chi connectivity index (χ0n) is 24.6. The minimum Gasteiger partial charge on any atom is -0.494 e. The zero-order chi connectivity index (χ0) is 31.9. The van der Waals surface area contributed by atoms with Crippen molar-refractivity contribution < 1.29 is 27.1 Å². The summed E-state index contributed by atoms with van der Waals surface area (Å²) in [5.41, 5.74) is 0.690. The Hall–Kier alpha value is -3.34. The molecule has 1 atom stereocenters. The van der Waals surface area contributed by atoms with E-state index in [-0.39, 0.29) is 34.1 Å². The number of carbonyl (C=O) groups excluding carboxylic acids is 2. The molecule has 1 aliphatic rings. The number of carbonyl (C=O) groups is 2. The number of hydrogen-bond donors (Lipinski definition) is 1. The van der Waals surface area contributed by atoms with E-state index in [9.17, 15) is 22.4 Å². The Morgan fingerprint density at radius 3 is 2.25 bits per heavy atom. The molecule has 1 aliphatic carbocycles. The highest BCUT2D eigenvalue weighted by atomic mass is 35.5. The molecule has 4 rings (SSSR count). The number of ether oxygens (including phenoxy) is 1. The summed E-state index contributed by atoms with van der Waals surface area (Å²) < 4.78 is 48.1. The molecular formula is C32H36Cl2FN3O5S. The van der Waals surface area contributed by atoms with Gasteiger partial charge in [0, 0.05) is 12.6 Å². The fraction of sp³-hybridized carbons (Fsp3) is 0.375. The van der Waals surface area contributed by atoms with Crippen LogP contribution in [0.3, 0.4) is 0 Å². The molecule has 2 amide bonds. The smallest absolute Gasteiger partial charge is 0.264 e. The van der Waals surface area contributed by atoms with Crippen LogP contribution in [0.1, 0.15) is 51.5 Å². The molecule has 0 aliphatic heterocycles. The summed E-state index contributed by atoms with van der Waals surface area (Å²) >= 11 is 12.3. The summed E-state index contributed by atoms with van der Waals surface area (Å²) in [5, 5.41) is 3.67. The van der Waals surface area contributed by atoms with Gasteiger partial charge in [-0.3, -0.25) is 13.9 Å². The normalized spacial score (nSPS) is 14.5. The Labute approximate surface area is 268 Å². The van der Waals surface area contributed by atoms with E-state index in [4.69, 9.17) is 27.9 Å². The summed E-state index contributed by atoms with van der Waals surface area (Å²) in [6.07, 6.45) is 4.87. The number of amides is 2. The summed E-state index contributed by atoms with van der Waals surface area (Å²) in [4.78, 5) is 28.8. The Morgan fingerprint density at radius 1 is 0.977 bits per heavy atom. The highest BCUT2D eigenvalue weighted by Gasteiger charge is 2.33. The molecule has 0 radical (unpaired) electrons. The molecule has 0 bridgehead atoms. The monoisotopic (exact) mass is 663 g/mol. The fourth-order valence-electron chi connectivity index (χ4n) is 5.12. The van der Waals surface area contributed by atoms with Gasteiger partial charge in [0.15, 0.2) is 0 Å². The first-order valence-electron chi connectivity index (χ1n) is 14.5. The number of anilines is 1. The second-order valence-corrected chi connectivity index (χ2v) is 13.4. The van der Waals surface area contributed by atoms with E-state index in [0.717, 1.165) is 48.5 Å². The topological polar surface area (TPSA) is 96.0 Å². The van der Waals surface area contributed by atoms with E-state index >= 15 is 0 Å². The molecule has 0 aromatic heterocycles. The summed E-state index contributed by atoms with van der Waals surface area (Å²) in [7, 11) is -4.31. The molecule has 0 saturated heterocycles. The molecule has 0 unspecified atom stereocenters. The van der Waals surface area contributed by atoms with Crippen molar-refractivity contribution >= 4 is 50.7 Å². The number of nitrogens with zero attached hydrogens (tertiary/aromatic N) is 2. The van der Waals surface area contributed by atoms with Crippen molar-refractivity contribution in [2.45, 2.75) is 69.5 Å². The second kappa shape index (κ2) is 15.1. The van der Waals surface area contributed by atoms with Crippen molar-refractivity contribution in [2.75, 3.05) is 17.5 Å². The number of nitrogens with one attached hydrogen (secondary N) is 1. The molecule has 0 spiro atoms. The van der Waals surface area contributed by atoms with Gasteiger partial charge in [0.1, 0.15) is 24.2 Å². The van der Waals surface area contributed by atoms with Crippen molar-refractivity contribution in [2.24, 2.45) is 0 Å². The first-order chi connectivity index (χ1) is 21.0. The van der Waals surface area contributed by atoms with Crippen molar-refractivity contribution in [3.63, 3.8) is 0 Å². The molecule has 1 saturated carbocycles. The van der Waals surface area contributed by atoms with Crippen LogP contribution in [0, 0.1) is 5.82 Å². The lowest BCUT2D eigenvalue weighted by atomic mass is 9.95. The minimum absolute atomic E-state index is 0.0105. The van der Waals surface area contributed by atoms with E-state index in [1.54, 1.807) is 25.1 Å². The van der Waals surface area contributed by atoms with Crippen molar-refractivity contribution in [3.05, 3.63) is 88.2 Å². The molecule has 236 valence electrons. The molecule has 3 aromatic carbocycles. The van der Waals surface area contributed by atoms with E-state index in [2.05, 4.69) is 5.32 Å². The van der Waals surface area contributed by atoms with Gasteiger partial charge in [-0.05, 0) is 92.9 Å². The van der Waals surface area contributed by atoms with Crippen LogP contribution < -0.4 is 14.4 Å². The van der Waals surface area contributed by atoms with Crippen LogP contribution in [0.25, 0.3) is 0 Å². The fourth-order valence-corrected chi connectivity index (χ4v) is 6.86. The average Bonchev–Trinajstić information content (AvgIpc) is 3.01. The Morgan fingerprint density at radius 2 is 1.64 bits per heavy atom. The van der Waals surface area contributed by atoms with Crippen LogP contribution in [0.4, 0.5) is 10.1 Å². The maximum Gasteiger partial charge on any atom is 0.264 e. The first-order valence-corrected chi connectivity index (χ1v) is 16.7. The van der Waals surface area contributed by atoms with Crippen molar-refractivity contribution in [3.8, 4) is 5.75 Å². The largest absolute Gasteiger partial charge is 0.494 e. The predicted molar refractivity (Wildman–Crippen MR) is 170 cm³/mol. The third-order valence-corrected chi connectivity index (χ3v) is 10.1. The van der Waals surface area contributed by atoms with E-state index in [1.165, 1.54) is 41.3 Å². The van der Waals surface area contributed by atoms with Gasteiger partial charge in [-0.1, -0.05) is 48.5 Å². The third kappa shape index (κ3) is 8.43. The molecule has 44 heavy (non-hydrogen) atoms. The lowest BCUT2D eigenvalue weighted by molar-refractivity contribution is -0.139. The van der Waals surface area contributed by atoms with Crippen molar-refractivity contribution in [1.29, 1.82) is 0 Å². The average molecular weight is 665 g/mol. The lowest BCUT2D eigenvalue weighted by Crippen LogP contribution is -2.53. The Balaban J connectivity index is 1.68. The number of hydrogen-bond acceptors (Lipinski definition) is 5.